The van der Waals surface area contributed by atoms with Crippen molar-refractivity contribution < 1.29 is 26.7 Å². The average molecular weight is 487 g/mol. The van der Waals surface area contributed by atoms with Crippen molar-refractivity contribution in [1.29, 1.82) is 0 Å². The highest BCUT2D eigenvalue weighted by atomic mass is 32.2. The SMILES string of the molecule is O=S1(=O)c2cc(-c3nnc(C(F)F)o3)ccc2CN1[C@H](c1cnccn1)[C@H](O)c1cnccn1. The minimum Gasteiger partial charge on any atom is -0.415 e. The zero-order chi connectivity index (χ0) is 23.9. The molecule has 4 heterocycles. The average Bonchev–Trinajstić information content (AvgIpc) is 3.44. The summed E-state index contributed by atoms with van der Waals surface area (Å²) in [6.07, 6.45) is 3.95. The summed E-state index contributed by atoms with van der Waals surface area (Å²) in [5.41, 5.74) is 0.942. The number of hydrogen-bond acceptors (Lipinski definition) is 10. The largest absolute Gasteiger partial charge is 0.415 e. The van der Waals surface area contributed by atoms with Crippen molar-refractivity contribution in [3.63, 3.8) is 0 Å². The summed E-state index contributed by atoms with van der Waals surface area (Å²) in [4.78, 5) is 16.2. The molecule has 0 bridgehead atoms. The van der Waals surface area contributed by atoms with Crippen LogP contribution in [0.5, 0.6) is 0 Å². The molecule has 1 N–H and O–H groups in total. The fourth-order valence-electron chi connectivity index (χ4n) is 3.68. The molecule has 0 unspecified atom stereocenters. The van der Waals surface area contributed by atoms with Crippen LogP contribution in [0.4, 0.5) is 8.78 Å². The van der Waals surface area contributed by atoms with E-state index in [1.54, 1.807) is 0 Å². The summed E-state index contributed by atoms with van der Waals surface area (Å²) in [5.74, 6) is -1.10. The van der Waals surface area contributed by atoms with E-state index in [1.807, 2.05) is 0 Å². The van der Waals surface area contributed by atoms with Gasteiger partial charge in [-0.15, -0.1) is 10.2 Å². The molecule has 14 heteroatoms. The third kappa shape index (κ3) is 3.81. The molecule has 0 saturated carbocycles. The number of halogens is 2. The summed E-state index contributed by atoms with van der Waals surface area (Å²) >= 11 is 0. The van der Waals surface area contributed by atoms with Gasteiger partial charge in [-0.2, -0.15) is 13.1 Å². The zero-order valence-electron chi connectivity index (χ0n) is 17.1. The molecule has 2 atom stereocenters. The Hall–Kier alpha value is -3.75. The minimum atomic E-state index is -4.17. The molecular formula is C20H15F2N7O4S. The molecule has 5 rings (SSSR count). The van der Waals surface area contributed by atoms with Crippen LogP contribution in [0.25, 0.3) is 11.5 Å². The van der Waals surface area contributed by atoms with E-state index in [9.17, 15) is 22.3 Å². The second-order valence-corrected chi connectivity index (χ2v) is 9.13. The number of aromatic nitrogens is 6. The Bertz CT molecular complexity index is 1420. The number of nitrogens with zero attached hydrogens (tertiary/aromatic N) is 7. The van der Waals surface area contributed by atoms with Gasteiger partial charge in [-0.05, 0) is 17.7 Å². The highest BCUT2D eigenvalue weighted by Crippen LogP contribution is 2.42. The molecule has 0 saturated heterocycles. The standard InChI is InChI=1S/C20H15F2N7O4S/c21-18(22)20-28-27-19(33-20)11-1-2-12-10-29(34(31,32)15(12)7-11)16(13-8-23-3-5-25-13)17(30)14-9-24-4-6-26-14/h1-9,16-18,30H,10H2/t16-,17-/m1/s1. The molecule has 174 valence electrons. The van der Waals surface area contributed by atoms with Gasteiger partial charge in [-0.1, -0.05) is 6.07 Å². The number of aliphatic hydroxyl groups excluding tert-OH is 1. The van der Waals surface area contributed by atoms with Gasteiger partial charge in [0.25, 0.3) is 5.89 Å². The van der Waals surface area contributed by atoms with Crippen molar-refractivity contribution in [2.75, 3.05) is 0 Å². The molecule has 1 aromatic carbocycles. The fourth-order valence-corrected chi connectivity index (χ4v) is 5.50. The van der Waals surface area contributed by atoms with E-state index in [0.717, 1.165) is 4.31 Å². The van der Waals surface area contributed by atoms with Gasteiger partial charge in [0.05, 0.1) is 28.7 Å². The van der Waals surface area contributed by atoms with Crippen LogP contribution in [0.15, 0.2) is 64.7 Å². The number of benzene rings is 1. The first-order chi connectivity index (χ1) is 16.4. The second-order valence-electron chi connectivity index (χ2n) is 7.27. The zero-order valence-corrected chi connectivity index (χ0v) is 17.9. The summed E-state index contributed by atoms with van der Waals surface area (Å²) < 4.78 is 58.8. The van der Waals surface area contributed by atoms with Gasteiger partial charge in [0.1, 0.15) is 12.1 Å². The molecule has 4 aromatic rings. The van der Waals surface area contributed by atoms with E-state index >= 15 is 0 Å². The van der Waals surface area contributed by atoms with Gasteiger partial charge >= 0.3 is 6.43 Å². The summed E-state index contributed by atoms with van der Waals surface area (Å²) in [6, 6.07) is 3.13. The maximum Gasteiger partial charge on any atom is 0.314 e. The van der Waals surface area contributed by atoms with E-state index in [-0.39, 0.29) is 34.3 Å². The lowest BCUT2D eigenvalue weighted by Crippen LogP contribution is -2.34. The molecule has 11 nitrogen and oxygen atoms in total. The number of hydrogen-bond donors (Lipinski definition) is 1. The van der Waals surface area contributed by atoms with Crippen LogP contribution in [0.1, 0.15) is 41.4 Å². The molecule has 34 heavy (non-hydrogen) atoms. The Labute approximate surface area is 191 Å². The predicted octanol–water partition coefficient (Wildman–Crippen LogP) is 2.23. The van der Waals surface area contributed by atoms with Crippen molar-refractivity contribution in [1.82, 2.24) is 34.4 Å². The Kier molecular flexibility index (Phi) is 5.55. The Morgan fingerprint density at radius 1 is 1.00 bits per heavy atom. The van der Waals surface area contributed by atoms with Gasteiger partial charge in [-0.3, -0.25) is 19.9 Å². The van der Waals surface area contributed by atoms with Crippen molar-refractivity contribution in [3.05, 3.63) is 78.2 Å². The first-order valence-electron chi connectivity index (χ1n) is 9.83. The molecule has 0 fully saturated rings. The number of aliphatic hydroxyl groups is 1. The highest BCUT2D eigenvalue weighted by Gasteiger charge is 2.44. The fraction of sp³-hybridized carbons (Fsp3) is 0.200. The Morgan fingerprint density at radius 3 is 2.32 bits per heavy atom. The van der Waals surface area contributed by atoms with Crippen molar-refractivity contribution in [3.8, 4) is 11.5 Å². The number of sulfonamides is 1. The molecule has 0 spiro atoms. The maximum absolute atomic E-state index is 13.6. The maximum atomic E-state index is 13.6. The van der Waals surface area contributed by atoms with E-state index in [2.05, 4.69) is 30.1 Å². The Morgan fingerprint density at radius 2 is 1.71 bits per heavy atom. The third-order valence-electron chi connectivity index (χ3n) is 5.24. The van der Waals surface area contributed by atoms with Crippen LogP contribution in [0.2, 0.25) is 0 Å². The van der Waals surface area contributed by atoms with Crippen LogP contribution in [-0.2, 0) is 16.6 Å². The summed E-state index contributed by atoms with van der Waals surface area (Å²) in [7, 11) is -4.17. The lowest BCUT2D eigenvalue weighted by Gasteiger charge is -2.29. The smallest absolute Gasteiger partial charge is 0.314 e. The highest BCUT2D eigenvalue weighted by molar-refractivity contribution is 7.89. The van der Waals surface area contributed by atoms with Gasteiger partial charge in [0, 0.05) is 36.9 Å². The predicted molar refractivity (Wildman–Crippen MR) is 109 cm³/mol. The van der Waals surface area contributed by atoms with Crippen molar-refractivity contribution in [2.45, 2.75) is 30.0 Å². The van der Waals surface area contributed by atoms with Crippen LogP contribution in [-0.4, -0.2) is 48.0 Å². The summed E-state index contributed by atoms with van der Waals surface area (Å²) in [6.45, 7) is -0.0807. The molecule has 0 amide bonds. The van der Waals surface area contributed by atoms with Gasteiger partial charge < -0.3 is 9.52 Å². The normalized spacial score (nSPS) is 16.9. The lowest BCUT2D eigenvalue weighted by atomic mass is 10.0. The van der Waals surface area contributed by atoms with E-state index in [4.69, 9.17) is 4.42 Å². The minimum absolute atomic E-state index is 0.0807. The number of rotatable bonds is 6. The van der Waals surface area contributed by atoms with Crippen LogP contribution in [0.3, 0.4) is 0 Å². The first-order valence-corrected chi connectivity index (χ1v) is 11.3. The monoisotopic (exact) mass is 487 g/mol. The molecule has 3 aromatic heterocycles. The summed E-state index contributed by atoms with van der Waals surface area (Å²) in [5, 5.41) is 18.0. The molecule has 0 radical (unpaired) electrons. The quantitative estimate of drug-likeness (QED) is 0.429. The van der Waals surface area contributed by atoms with E-state index in [0.29, 0.717) is 5.56 Å². The van der Waals surface area contributed by atoms with Gasteiger partial charge in [-0.25, -0.2) is 8.42 Å². The lowest BCUT2D eigenvalue weighted by molar-refractivity contribution is 0.0821. The van der Waals surface area contributed by atoms with Gasteiger partial charge in [0.2, 0.25) is 15.9 Å². The second kappa shape index (κ2) is 8.55. The first kappa shape index (κ1) is 22.1. The van der Waals surface area contributed by atoms with E-state index < -0.39 is 34.5 Å². The molecular weight excluding hydrogens is 472 g/mol. The molecule has 0 aliphatic carbocycles. The topological polar surface area (TPSA) is 148 Å². The Balaban J connectivity index is 1.56. The van der Waals surface area contributed by atoms with Gasteiger partial charge in [0.15, 0.2) is 0 Å². The van der Waals surface area contributed by atoms with Crippen LogP contribution in [0, 0.1) is 0 Å². The molecule has 1 aliphatic rings. The van der Waals surface area contributed by atoms with E-state index in [1.165, 1.54) is 55.4 Å². The number of alkyl halides is 2. The van der Waals surface area contributed by atoms with Crippen LogP contribution < -0.4 is 0 Å². The van der Waals surface area contributed by atoms with Crippen LogP contribution >= 0.6 is 0 Å². The van der Waals surface area contributed by atoms with Crippen molar-refractivity contribution in [2.24, 2.45) is 0 Å². The third-order valence-corrected chi connectivity index (χ3v) is 7.15. The number of fused-ring (bicyclic) bond motifs is 1. The molecule has 1 aliphatic heterocycles. The van der Waals surface area contributed by atoms with Crippen molar-refractivity contribution >= 4 is 10.0 Å².